The Morgan fingerprint density at radius 3 is 2.59 bits per heavy atom. The number of ether oxygens (including phenoxy) is 1. The molecule has 5 rings (SSSR count). The smallest absolute Gasteiger partial charge is 0.349 e. The molecular weight excluding hydrogens is 411 g/mol. The van der Waals surface area contributed by atoms with Gasteiger partial charge in [0.05, 0.1) is 24.4 Å². The molecule has 3 aromatic rings. The number of aryl methyl sites for hydroxylation is 1. The highest BCUT2D eigenvalue weighted by atomic mass is 35.5. The van der Waals surface area contributed by atoms with Crippen molar-refractivity contribution in [3.8, 4) is 0 Å². The standard InChI is InChI=1S/C22H18Cl2N2O3/c1-29-21(28)22(20(25-22)18-14(23)8-5-9-15(18)24)26-16-10-3-2-6-12(16)13-7-4-11-17(27)19(13)26/h2-3,5-6,8-10,20,25H,4,7,11H2,1H3/t20-,22+/m0/s1. The third-order valence-corrected chi connectivity index (χ3v) is 6.57. The maximum atomic E-state index is 13.1. The number of carbonyl (C=O) groups excluding carboxylic acids is 2. The summed E-state index contributed by atoms with van der Waals surface area (Å²) in [6.07, 6.45) is 2.06. The number of carbonyl (C=O) groups is 2. The van der Waals surface area contributed by atoms with Gasteiger partial charge in [0.1, 0.15) is 0 Å². The Morgan fingerprint density at radius 2 is 1.86 bits per heavy atom. The van der Waals surface area contributed by atoms with Crippen LogP contribution in [0.2, 0.25) is 10.0 Å². The lowest BCUT2D eigenvalue weighted by Crippen LogP contribution is -2.36. The fourth-order valence-corrected chi connectivity index (χ4v) is 5.24. The Labute approximate surface area is 177 Å². The number of methoxy groups -OCH3 is 1. The van der Waals surface area contributed by atoms with Crippen molar-refractivity contribution in [2.24, 2.45) is 0 Å². The monoisotopic (exact) mass is 428 g/mol. The van der Waals surface area contributed by atoms with Crippen molar-refractivity contribution in [2.45, 2.75) is 31.0 Å². The van der Waals surface area contributed by atoms with Gasteiger partial charge in [0.25, 0.3) is 0 Å². The molecule has 1 saturated heterocycles. The first kappa shape index (κ1) is 18.7. The second kappa shape index (κ2) is 6.59. The molecule has 1 aliphatic carbocycles. The number of halogens is 2. The minimum absolute atomic E-state index is 0.0310. The van der Waals surface area contributed by atoms with E-state index in [2.05, 4.69) is 5.32 Å². The Morgan fingerprint density at radius 1 is 1.14 bits per heavy atom. The van der Waals surface area contributed by atoms with Crippen molar-refractivity contribution in [3.63, 3.8) is 0 Å². The summed E-state index contributed by atoms with van der Waals surface area (Å²) in [5.41, 5.74) is 1.72. The fraction of sp³-hybridized carbons (Fsp3) is 0.273. The number of nitrogens with zero attached hydrogens (tertiary/aromatic N) is 1. The van der Waals surface area contributed by atoms with E-state index in [0.29, 0.717) is 27.7 Å². The summed E-state index contributed by atoms with van der Waals surface area (Å²) in [6.45, 7) is 0. The van der Waals surface area contributed by atoms with Crippen molar-refractivity contribution in [1.29, 1.82) is 0 Å². The maximum absolute atomic E-state index is 13.1. The van der Waals surface area contributed by atoms with E-state index in [1.165, 1.54) is 7.11 Å². The van der Waals surface area contributed by atoms with Crippen LogP contribution in [0.4, 0.5) is 0 Å². The largest absolute Gasteiger partial charge is 0.466 e. The van der Waals surface area contributed by atoms with E-state index in [-0.39, 0.29) is 5.78 Å². The third-order valence-electron chi connectivity index (χ3n) is 5.91. The first-order chi connectivity index (χ1) is 14.0. The molecule has 1 aromatic heterocycles. The van der Waals surface area contributed by atoms with Crippen LogP contribution in [0.5, 0.6) is 0 Å². The van der Waals surface area contributed by atoms with Crippen molar-refractivity contribution in [2.75, 3.05) is 7.11 Å². The minimum Gasteiger partial charge on any atom is -0.466 e. The van der Waals surface area contributed by atoms with Gasteiger partial charge in [0.2, 0.25) is 5.66 Å². The number of fused-ring (bicyclic) bond motifs is 3. The molecule has 2 atom stereocenters. The second-order valence-corrected chi connectivity index (χ2v) is 8.24. The van der Waals surface area contributed by atoms with Crippen LogP contribution >= 0.6 is 23.2 Å². The van der Waals surface area contributed by atoms with Crippen molar-refractivity contribution >= 4 is 45.9 Å². The molecule has 0 radical (unpaired) electrons. The van der Waals surface area contributed by atoms with E-state index in [1.54, 1.807) is 18.2 Å². The quantitative estimate of drug-likeness (QED) is 0.487. The number of esters is 1. The topological polar surface area (TPSA) is 70.2 Å². The fourth-order valence-electron chi connectivity index (χ4n) is 4.63. The van der Waals surface area contributed by atoms with Crippen LogP contribution in [0.1, 0.15) is 40.5 Å². The highest BCUT2D eigenvalue weighted by Crippen LogP contribution is 2.53. The first-order valence-electron chi connectivity index (χ1n) is 9.46. The predicted molar refractivity (Wildman–Crippen MR) is 112 cm³/mol. The Bertz CT molecular complexity index is 1170. The van der Waals surface area contributed by atoms with Gasteiger partial charge in [-0.05, 0) is 36.6 Å². The lowest BCUT2D eigenvalue weighted by molar-refractivity contribution is -0.146. The summed E-state index contributed by atoms with van der Waals surface area (Å²) in [5, 5.41) is 5.16. The first-order valence-corrected chi connectivity index (χ1v) is 10.2. The number of nitrogens with one attached hydrogen (secondary N) is 1. The molecule has 2 aliphatic rings. The molecule has 2 aromatic carbocycles. The van der Waals surface area contributed by atoms with Crippen molar-refractivity contribution in [1.82, 2.24) is 9.88 Å². The average Bonchev–Trinajstić information content (AvgIpc) is 3.35. The molecule has 7 heteroatoms. The van der Waals surface area contributed by atoms with E-state index in [9.17, 15) is 9.59 Å². The average molecular weight is 429 g/mol. The highest BCUT2D eigenvalue weighted by molar-refractivity contribution is 6.36. The molecule has 0 spiro atoms. The normalized spacial score (nSPS) is 23.1. The predicted octanol–water partition coefficient (Wildman–Crippen LogP) is 4.64. The SMILES string of the molecule is COC(=O)[C@@]1(n2c3c(c4ccccc42)CCCC3=O)N[C@H]1c1c(Cl)cccc1Cl. The molecule has 29 heavy (non-hydrogen) atoms. The molecule has 0 amide bonds. The van der Waals surface area contributed by atoms with E-state index in [4.69, 9.17) is 27.9 Å². The van der Waals surface area contributed by atoms with Crippen LogP contribution in [-0.4, -0.2) is 23.4 Å². The number of rotatable bonds is 3. The maximum Gasteiger partial charge on any atom is 0.349 e. The van der Waals surface area contributed by atoms with Gasteiger partial charge in [-0.2, -0.15) is 0 Å². The van der Waals surface area contributed by atoms with Crippen LogP contribution in [-0.2, 0) is 21.6 Å². The summed E-state index contributed by atoms with van der Waals surface area (Å²) in [7, 11) is 1.34. The second-order valence-electron chi connectivity index (χ2n) is 7.43. The van der Waals surface area contributed by atoms with E-state index in [1.807, 2.05) is 28.8 Å². The molecular formula is C22H18Cl2N2O3. The van der Waals surface area contributed by atoms with Crippen LogP contribution in [0.3, 0.4) is 0 Å². The number of hydrogen-bond donors (Lipinski definition) is 1. The van der Waals surface area contributed by atoms with Crippen LogP contribution in [0, 0.1) is 0 Å². The number of aromatic nitrogens is 1. The summed E-state index contributed by atoms with van der Waals surface area (Å²) < 4.78 is 7.00. The van der Waals surface area contributed by atoms with Gasteiger partial charge in [-0.25, -0.2) is 4.79 Å². The molecule has 148 valence electrons. The minimum atomic E-state index is -1.27. The zero-order chi connectivity index (χ0) is 20.3. The molecule has 5 nitrogen and oxygen atoms in total. The van der Waals surface area contributed by atoms with Gasteiger partial charge in [0, 0.05) is 27.4 Å². The van der Waals surface area contributed by atoms with Gasteiger partial charge < -0.3 is 9.30 Å². The lowest BCUT2D eigenvalue weighted by Gasteiger charge is -2.22. The van der Waals surface area contributed by atoms with Gasteiger partial charge in [-0.1, -0.05) is 47.5 Å². The highest BCUT2D eigenvalue weighted by Gasteiger charge is 2.66. The molecule has 1 aliphatic heterocycles. The summed E-state index contributed by atoms with van der Waals surface area (Å²) >= 11 is 12.9. The number of hydrogen-bond acceptors (Lipinski definition) is 4. The van der Waals surface area contributed by atoms with Crippen LogP contribution < -0.4 is 5.32 Å². The summed E-state index contributed by atoms with van der Waals surface area (Å²) in [4.78, 5) is 26.1. The summed E-state index contributed by atoms with van der Waals surface area (Å²) in [5.74, 6) is -0.455. The number of benzene rings is 2. The van der Waals surface area contributed by atoms with Crippen molar-refractivity contribution < 1.29 is 14.3 Å². The van der Waals surface area contributed by atoms with Gasteiger partial charge >= 0.3 is 5.97 Å². The Kier molecular flexibility index (Phi) is 4.24. The van der Waals surface area contributed by atoms with E-state index >= 15 is 0 Å². The zero-order valence-corrected chi connectivity index (χ0v) is 17.2. The zero-order valence-electron chi connectivity index (χ0n) is 15.7. The van der Waals surface area contributed by atoms with Gasteiger partial charge in [0.15, 0.2) is 5.78 Å². The lowest BCUT2D eigenvalue weighted by atomic mass is 9.94. The van der Waals surface area contributed by atoms with Crippen LogP contribution in [0.15, 0.2) is 42.5 Å². The number of Topliss-reactive ketones (excluding diaryl/α,β-unsaturated/α-hetero) is 1. The molecule has 1 fully saturated rings. The number of ketones is 1. The van der Waals surface area contributed by atoms with Crippen LogP contribution in [0.25, 0.3) is 10.9 Å². The van der Waals surface area contributed by atoms with Gasteiger partial charge in [-0.15, -0.1) is 0 Å². The summed E-state index contributed by atoms with van der Waals surface area (Å²) in [6, 6.07) is 12.5. The molecule has 2 heterocycles. The van der Waals surface area contributed by atoms with E-state index < -0.39 is 17.7 Å². The molecule has 0 unspecified atom stereocenters. The Balaban J connectivity index is 1.81. The Hall–Kier alpha value is -2.34. The molecule has 0 saturated carbocycles. The van der Waals surface area contributed by atoms with E-state index in [0.717, 1.165) is 29.3 Å². The molecule has 1 N–H and O–H groups in total. The van der Waals surface area contributed by atoms with Crippen molar-refractivity contribution in [3.05, 3.63) is 69.3 Å². The van der Waals surface area contributed by atoms with Gasteiger partial charge in [-0.3, -0.25) is 10.1 Å². The molecule has 0 bridgehead atoms. The number of para-hydroxylation sites is 1. The third kappa shape index (κ3) is 2.51.